The van der Waals surface area contributed by atoms with Gasteiger partial charge in [0.05, 0.1) is 22.5 Å². The smallest absolute Gasteiger partial charge is 0.230 e. The quantitative estimate of drug-likeness (QED) is 0.381. The summed E-state index contributed by atoms with van der Waals surface area (Å²) in [6.07, 6.45) is 0.592. The largest absolute Gasteiger partial charge is 0.351 e. The number of nitrogens with zero attached hydrogens (tertiary/aromatic N) is 2. The summed E-state index contributed by atoms with van der Waals surface area (Å²) in [6, 6.07) is 21.4. The Morgan fingerprint density at radius 1 is 0.903 bits per heavy atom. The summed E-state index contributed by atoms with van der Waals surface area (Å²) in [7, 11) is 0. The van der Waals surface area contributed by atoms with Crippen molar-refractivity contribution >= 4 is 40.3 Å². The molecule has 0 aliphatic carbocycles. The summed E-state index contributed by atoms with van der Waals surface area (Å²) >= 11 is 7.35. The third-order valence-electron chi connectivity index (χ3n) is 4.63. The topological polar surface area (TPSA) is 54.9 Å². The van der Waals surface area contributed by atoms with Crippen molar-refractivity contribution in [1.82, 2.24) is 15.3 Å². The third-order valence-corrected chi connectivity index (χ3v) is 5.89. The third kappa shape index (κ3) is 5.81. The van der Waals surface area contributed by atoms with Gasteiger partial charge in [-0.2, -0.15) is 0 Å². The van der Waals surface area contributed by atoms with E-state index in [4.69, 9.17) is 21.6 Å². The number of aromatic nitrogens is 2. The molecule has 0 fully saturated rings. The predicted molar refractivity (Wildman–Crippen MR) is 123 cm³/mol. The van der Waals surface area contributed by atoms with Gasteiger partial charge < -0.3 is 5.32 Å². The number of carbonyl (C=O) groups is 1. The van der Waals surface area contributed by atoms with Crippen LogP contribution in [-0.2, 0) is 17.8 Å². The van der Waals surface area contributed by atoms with Crippen LogP contribution in [-0.4, -0.2) is 21.6 Å². The number of para-hydroxylation sites is 2. The van der Waals surface area contributed by atoms with Gasteiger partial charge in [0.1, 0.15) is 10.8 Å². The highest BCUT2D eigenvalue weighted by molar-refractivity contribution is 7.99. The van der Waals surface area contributed by atoms with E-state index >= 15 is 0 Å². The molecule has 31 heavy (non-hydrogen) atoms. The van der Waals surface area contributed by atoms with E-state index in [-0.39, 0.29) is 17.5 Å². The van der Waals surface area contributed by atoms with Gasteiger partial charge in [-0.15, -0.1) is 0 Å². The minimum Gasteiger partial charge on any atom is -0.351 e. The average molecular weight is 452 g/mol. The fourth-order valence-electron chi connectivity index (χ4n) is 3.03. The first-order valence-electron chi connectivity index (χ1n) is 9.71. The van der Waals surface area contributed by atoms with Crippen molar-refractivity contribution in [2.45, 2.75) is 18.0 Å². The maximum Gasteiger partial charge on any atom is 0.230 e. The van der Waals surface area contributed by atoms with E-state index in [1.54, 1.807) is 12.1 Å². The molecule has 3 aromatic carbocycles. The van der Waals surface area contributed by atoms with Crippen molar-refractivity contribution in [3.8, 4) is 0 Å². The normalized spacial score (nSPS) is 10.9. The fourth-order valence-corrected chi connectivity index (χ4v) is 3.98. The minimum absolute atomic E-state index is 0.123. The van der Waals surface area contributed by atoms with Crippen molar-refractivity contribution in [3.63, 3.8) is 0 Å². The van der Waals surface area contributed by atoms with Crippen LogP contribution in [0.15, 0.2) is 77.8 Å². The summed E-state index contributed by atoms with van der Waals surface area (Å²) in [4.78, 5) is 21.9. The number of rotatable bonds is 7. The molecule has 0 aliphatic rings. The SMILES string of the molecule is O=C(CSc1nc2ccccc2nc1Cc1ccc(Cl)cc1)NCc1ccc(F)cc1. The Kier molecular flexibility index (Phi) is 6.79. The van der Waals surface area contributed by atoms with Crippen LogP contribution in [0, 0.1) is 5.82 Å². The van der Waals surface area contributed by atoms with E-state index in [0.717, 1.165) is 32.9 Å². The fraction of sp³-hybridized carbons (Fsp3) is 0.125. The molecule has 156 valence electrons. The first-order chi connectivity index (χ1) is 15.1. The zero-order valence-electron chi connectivity index (χ0n) is 16.5. The van der Waals surface area contributed by atoms with Crippen LogP contribution >= 0.6 is 23.4 Å². The molecule has 0 saturated heterocycles. The lowest BCUT2D eigenvalue weighted by Crippen LogP contribution is -2.24. The number of carbonyl (C=O) groups excluding carboxylic acids is 1. The van der Waals surface area contributed by atoms with Gasteiger partial charge in [-0.1, -0.05) is 59.8 Å². The lowest BCUT2D eigenvalue weighted by Gasteiger charge is -2.10. The standard InChI is InChI=1S/C24H19ClFN3OS/c25-18-9-5-16(6-10-18)13-22-24(29-21-4-2-1-3-20(21)28-22)31-15-23(30)27-14-17-7-11-19(26)12-8-17/h1-12H,13-15H2,(H,27,30). The van der Waals surface area contributed by atoms with E-state index in [9.17, 15) is 9.18 Å². The molecule has 0 spiro atoms. The van der Waals surface area contributed by atoms with E-state index in [0.29, 0.717) is 18.0 Å². The highest BCUT2D eigenvalue weighted by Crippen LogP contribution is 2.25. The molecule has 0 bridgehead atoms. The van der Waals surface area contributed by atoms with Gasteiger partial charge in [0.15, 0.2) is 0 Å². The number of thioether (sulfide) groups is 1. The van der Waals surface area contributed by atoms with Gasteiger partial charge in [-0.25, -0.2) is 14.4 Å². The molecule has 0 radical (unpaired) electrons. The van der Waals surface area contributed by atoms with E-state index < -0.39 is 0 Å². The highest BCUT2D eigenvalue weighted by Gasteiger charge is 2.13. The molecule has 4 rings (SSSR count). The number of nitrogens with one attached hydrogen (secondary N) is 1. The second-order valence-electron chi connectivity index (χ2n) is 6.96. The number of benzene rings is 3. The van der Waals surface area contributed by atoms with Gasteiger partial charge in [0, 0.05) is 18.0 Å². The Bertz CT molecular complexity index is 1200. The highest BCUT2D eigenvalue weighted by atomic mass is 35.5. The molecular formula is C24H19ClFN3OS. The maximum atomic E-state index is 13.0. The van der Waals surface area contributed by atoms with Crippen LogP contribution in [0.4, 0.5) is 4.39 Å². The Balaban J connectivity index is 1.47. The molecule has 0 saturated carbocycles. The number of amides is 1. The summed E-state index contributed by atoms with van der Waals surface area (Å²) in [5.74, 6) is -0.211. The Hall–Kier alpha value is -2.96. The summed E-state index contributed by atoms with van der Waals surface area (Å²) in [6.45, 7) is 0.348. The molecule has 1 heterocycles. The maximum absolute atomic E-state index is 13.0. The lowest BCUT2D eigenvalue weighted by molar-refractivity contribution is -0.118. The summed E-state index contributed by atoms with van der Waals surface area (Å²) < 4.78 is 13.0. The predicted octanol–water partition coefficient (Wildman–Crippen LogP) is 5.42. The van der Waals surface area contributed by atoms with E-state index in [1.807, 2.05) is 48.5 Å². The number of halogens is 2. The number of hydrogen-bond acceptors (Lipinski definition) is 4. The number of hydrogen-bond donors (Lipinski definition) is 1. The molecule has 7 heteroatoms. The van der Waals surface area contributed by atoms with Gasteiger partial charge in [-0.05, 0) is 47.5 Å². The monoisotopic (exact) mass is 451 g/mol. The van der Waals surface area contributed by atoms with Crippen LogP contribution < -0.4 is 5.32 Å². The van der Waals surface area contributed by atoms with Crippen LogP contribution in [0.1, 0.15) is 16.8 Å². The van der Waals surface area contributed by atoms with Crippen molar-refractivity contribution in [2.24, 2.45) is 0 Å². The molecule has 0 atom stereocenters. The zero-order valence-corrected chi connectivity index (χ0v) is 18.1. The van der Waals surface area contributed by atoms with Gasteiger partial charge in [0.2, 0.25) is 5.91 Å². The van der Waals surface area contributed by atoms with Gasteiger partial charge in [0.25, 0.3) is 0 Å². The molecule has 1 aromatic heterocycles. The lowest BCUT2D eigenvalue weighted by atomic mass is 10.1. The first-order valence-corrected chi connectivity index (χ1v) is 11.1. The molecule has 4 nitrogen and oxygen atoms in total. The van der Waals surface area contributed by atoms with Crippen molar-refractivity contribution in [2.75, 3.05) is 5.75 Å². The Morgan fingerprint density at radius 2 is 1.55 bits per heavy atom. The first kappa shape index (κ1) is 21.3. The number of fused-ring (bicyclic) bond motifs is 1. The van der Waals surface area contributed by atoms with Crippen LogP contribution in [0.2, 0.25) is 5.02 Å². The molecule has 1 amide bonds. The molecule has 4 aromatic rings. The zero-order chi connectivity index (χ0) is 21.6. The molecule has 0 unspecified atom stereocenters. The van der Waals surface area contributed by atoms with Crippen LogP contribution in [0.3, 0.4) is 0 Å². The molecule has 1 N–H and O–H groups in total. The molecular weight excluding hydrogens is 433 g/mol. The summed E-state index contributed by atoms with van der Waals surface area (Å²) in [5, 5.41) is 4.26. The van der Waals surface area contributed by atoms with E-state index in [1.165, 1.54) is 23.9 Å². The average Bonchev–Trinajstić information content (AvgIpc) is 2.78. The molecule has 0 aliphatic heterocycles. The van der Waals surface area contributed by atoms with Crippen LogP contribution in [0.5, 0.6) is 0 Å². The second kappa shape index (κ2) is 9.90. The van der Waals surface area contributed by atoms with E-state index in [2.05, 4.69) is 5.32 Å². The van der Waals surface area contributed by atoms with Crippen molar-refractivity contribution < 1.29 is 9.18 Å². The van der Waals surface area contributed by atoms with Crippen LogP contribution in [0.25, 0.3) is 11.0 Å². The Morgan fingerprint density at radius 3 is 2.26 bits per heavy atom. The van der Waals surface area contributed by atoms with Gasteiger partial charge in [-0.3, -0.25) is 4.79 Å². The van der Waals surface area contributed by atoms with Crippen molar-refractivity contribution in [3.05, 3.63) is 100 Å². The van der Waals surface area contributed by atoms with Crippen molar-refractivity contribution in [1.29, 1.82) is 0 Å². The second-order valence-corrected chi connectivity index (χ2v) is 8.36. The summed E-state index contributed by atoms with van der Waals surface area (Å²) in [5.41, 5.74) is 4.33. The Labute approximate surface area is 188 Å². The van der Waals surface area contributed by atoms with Gasteiger partial charge >= 0.3 is 0 Å². The minimum atomic E-state index is -0.297.